The zero-order valence-corrected chi connectivity index (χ0v) is 11.7. The molecular weight excluding hydrogens is 240 g/mol. The van der Waals surface area contributed by atoms with Gasteiger partial charge in [-0.3, -0.25) is 0 Å². The molecule has 2 unspecified atom stereocenters. The molecule has 0 aromatic heterocycles. The van der Waals surface area contributed by atoms with Crippen molar-refractivity contribution < 1.29 is 14.6 Å². The van der Waals surface area contributed by atoms with Gasteiger partial charge in [0.1, 0.15) is 0 Å². The van der Waals surface area contributed by atoms with Crippen LogP contribution in [0.1, 0.15) is 50.2 Å². The number of carbonyl (C=O) groups is 1. The van der Waals surface area contributed by atoms with Gasteiger partial charge < -0.3 is 9.84 Å². The fourth-order valence-corrected chi connectivity index (χ4v) is 3.04. The molecular formula is C16H22O3. The van der Waals surface area contributed by atoms with E-state index in [-0.39, 0.29) is 5.92 Å². The minimum absolute atomic E-state index is 0.151. The molecule has 0 amide bonds. The monoisotopic (exact) mass is 262 g/mol. The number of hydrogen-bond donors (Lipinski definition) is 1. The first-order valence-corrected chi connectivity index (χ1v) is 7.10. The Morgan fingerprint density at radius 2 is 2.16 bits per heavy atom. The summed E-state index contributed by atoms with van der Waals surface area (Å²) in [6.45, 7) is 3.91. The maximum atomic E-state index is 12.1. The normalized spacial score (nSPS) is 21.3. The van der Waals surface area contributed by atoms with E-state index in [4.69, 9.17) is 4.74 Å². The van der Waals surface area contributed by atoms with E-state index >= 15 is 0 Å². The highest BCUT2D eigenvalue weighted by atomic mass is 16.5. The fourth-order valence-electron chi connectivity index (χ4n) is 3.04. The molecule has 0 aliphatic heterocycles. The lowest BCUT2D eigenvalue weighted by Gasteiger charge is -2.37. The van der Waals surface area contributed by atoms with Gasteiger partial charge in [0.05, 0.1) is 6.61 Å². The van der Waals surface area contributed by atoms with E-state index in [0.29, 0.717) is 13.0 Å². The molecule has 0 bridgehead atoms. The number of fused-ring (bicyclic) bond motifs is 1. The lowest BCUT2D eigenvalue weighted by molar-refractivity contribution is -0.168. The third kappa shape index (κ3) is 2.52. The van der Waals surface area contributed by atoms with Crippen molar-refractivity contribution in [3.8, 4) is 0 Å². The summed E-state index contributed by atoms with van der Waals surface area (Å²) in [5.41, 5.74) is 0.952. The third-order valence-corrected chi connectivity index (χ3v) is 4.11. The van der Waals surface area contributed by atoms with Crippen LogP contribution in [0.25, 0.3) is 0 Å². The van der Waals surface area contributed by atoms with Gasteiger partial charge in [-0.25, -0.2) is 4.79 Å². The van der Waals surface area contributed by atoms with Gasteiger partial charge in [0.25, 0.3) is 0 Å². The lowest BCUT2D eigenvalue weighted by atomic mass is 9.72. The Hall–Kier alpha value is -1.35. The first-order chi connectivity index (χ1) is 9.13. The van der Waals surface area contributed by atoms with Crippen molar-refractivity contribution in [3.05, 3.63) is 35.4 Å². The molecule has 0 saturated carbocycles. The number of ether oxygens (including phenoxy) is 1. The number of aryl methyl sites for hydroxylation is 1. The second-order valence-corrected chi connectivity index (χ2v) is 5.14. The predicted molar refractivity (Wildman–Crippen MR) is 74.0 cm³/mol. The minimum atomic E-state index is -1.40. The molecule has 1 aliphatic carbocycles. The van der Waals surface area contributed by atoms with Crippen molar-refractivity contribution >= 4 is 5.97 Å². The second-order valence-electron chi connectivity index (χ2n) is 5.14. The van der Waals surface area contributed by atoms with E-state index in [1.54, 1.807) is 6.92 Å². The number of benzene rings is 1. The summed E-state index contributed by atoms with van der Waals surface area (Å²) in [6, 6.07) is 8.09. The van der Waals surface area contributed by atoms with Gasteiger partial charge in [-0.2, -0.15) is 0 Å². The largest absolute Gasteiger partial charge is 0.464 e. The molecule has 104 valence electrons. The Kier molecular flexibility index (Phi) is 4.25. The van der Waals surface area contributed by atoms with Gasteiger partial charge in [-0.1, -0.05) is 31.2 Å². The summed E-state index contributed by atoms with van der Waals surface area (Å²) in [6.07, 6.45) is 3.24. The molecule has 0 spiro atoms. The maximum absolute atomic E-state index is 12.1. The summed E-state index contributed by atoms with van der Waals surface area (Å²) in [7, 11) is 0. The average Bonchev–Trinajstić information content (AvgIpc) is 2.46. The predicted octanol–water partition coefficient (Wildman–Crippen LogP) is 2.81. The van der Waals surface area contributed by atoms with E-state index < -0.39 is 11.6 Å². The molecule has 0 radical (unpaired) electrons. The van der Waals surface area contributed by atoms with Gasteiger partial charge >= 0.3 is 5.97 Å². The minimum Gasteiger partial charge on any atom is -0.464 e. The van der Waals surface area contributed by atoms with E-state index in [9.17, 15) is 9.90 Å². The lowest BCUT2D eigenvalue weighted by Crippen LogP contribution is -2.46. The molecule has 3 heteroatoms. The number of esters is 1. The fraction of sp³-hybridized carbons (Fsp3) is 0.562. The third-order valence-electron chi connectivity index (χ3n) is 4.11. The van der Waals surface area contributed by atoms with Gasteiger partial charge in [-0.15, -0.1) is 0 Å². The topological polar surface area (TPSA) is 46.5 Å². The van der Waals surface area contributed by atoms with E-state index in [1.807, 2.05) is 25.1 Å². The summed E-state index contributed by atoms with van der Waals surface area (Å²) in [5, 5.41) is 10.8. The van der Waals surface area contributed by atoms with Crippen LogP contribution in [-0.4, -0.2) is 23.3 Å². The highest BCUT2D eigenvalue weighted by Crippen LogP contribution is 2.41. The molecule has 19 heavy (non-hydrogen) atoms. The quantitative estimate of drug-likeness (QED) is 0.849. The standard InChI is InChI=1S/C16H22O3/c1-3-16(18,15(17)19-4-2)14-11-7-9-12-8-5-6-10-13(12)14/h5-6,8,10,14,18H,3-4,7,9,11H2,1-2H3. The van der Waals surface area contributed by atoms with Crippen LogP contribution in [0.4, 0.5) is 0 Å². The van der Waals surface area contributed by atoms with Crippen LogP contribution in [0.5, 0.6) is 0 Å². The first-order valence-electron chi connectivity index (χ1n) is 7.10. The van der Waals surface area contributed by atoms with Crippen molar-refractivity contribution in [1.82, 2.24) is 0 Å². The number of carbonyl (C=O) groups excluding carboxylic acids is 1. The van der Waals surface area contributed by atoms with E-state index in [2.05, 4.69) is 6.07 Å². The van der Waals surface area contributed by atoms with Crippen LogP contribution in [0.15, 0.2) is 24.3 Å². The first kappa shape index (κ1) is 14.1. The van der Waals surface area contributed by atoms with Gasteiger partial charge in [0, 0.05) is 5.92 Å². The molecule has 1 aromatic carbocycles. The molecule has 2 atom stereocenters. The summed E-state index contributed by atoms with van der Waals surface area (Å²) in [4.78, 5) is 12.1. The summed E-state index contributed by atoms with van der Waals surface area (Å²) < 4.78 is 5.08. The number of rotatable bonds is 4. The number of hydrogen-bond acceptors (Lipinski definition) is 3. The molecule has 3 nitrogen and oxygen atoms in total. The maximum Gasteiger partial charge on any atom is 0.338 e. The summed E-state index contributed by atoms with van der Waals surface area (Å²) >= 11 is 0. The Morgan fingerprint density at radius 1 is 1.42 bits per heavy atom. The van der Waals surface area contributed by atoms with Crippen molar-refractivity contribution in [2.75, 3.05) is 6.61 Å². The van der Waals surface area contributed by atoms with Crippen LogP contribution in [-0.2, 0) is 16.0 Å². The van der Waals surface area contributed by atoms with Crippen LogP contribution in [0, 0.1) is 0 Å². The molecule has 0 heterocycles. The van der Waals surface area contributed by atoms with E-state index in [1.165, 1.54) is 5.56 Å². The average molecular weight is 262 g/mol. The second kappa shape index (κ2) is 5.74. The molecule has 0 fully saturated rings. The highest BCUT2D eigenvalue weighted by molar-refractivity contribution is 5.81. The van der Waals surface area contributed by atoms with Crippen LogP contribution in [0.2, 0.25) is 0 Å². The molecule has 1 N–H and O–H groups in total. The van der Waals surface area contributed by atoms with Gasteiger partial charge in [-0.05, 0) is 43.7 Å². The van der Waals surface area contributed by atoms with Crippen molar-refractivity contribution in [2.24, 2.45) is 0 Å². The van der Waals surface area contributed by atoms with E-state index in [0.717, 1.165) is 24.8 Å². The zero-order valence-electron chi connectivity index (χ0n) is 11.7. The Morgan fingerprint density at radius 3 is 2.84 bits per heavy atom. The molecule has 1 aromatic rings. The Balaban J connectivity index is 2.37. The Bertz CT molecular complexity index is 455. The SMILES string of the molecule is CCOC(=O)C(O)(CC)C1CCCc2ccccc21. The van der Waals surface area contributed by atoms with Crippen molar-refractivity contribution in [2.45, 2.75) is 51.0 Å². The smallest absolute Gasteiger partial charge is 0.338 e. The molecule has 2 rings (SSSR count). The van der Waals surface area contributed by atoms with Crippen LogP contribution < -0.4 is 0 Å². The van der Waals surface area contributed by atoms with Gasteiger partial charge in [0.2, 0.25) is 0 Å². The summed E-state index contributed by atoms with van der Waals surface area (Å²) in [5.74, 6) is -0.638. The Labute approximate surface area is 114 Å². The van der Waals surface area contributed by atoms with Crippen LogP contribution >= 0.6 is 0 Å². The molecule has 1 aliphatic rings. The van der Waals surface area contributed by atoms with Crippen molar-refractivity contribution in [1.29, 1.82) is 0 Å². The van der Waals surface area contributed by atoms with Gasteiger partial charge in [0.15, 0.2) is 5.60 Å². The van der Waals surface area contributed by atoms with Crippen molar-refractivity contribution in [3.63, 3.8) is 0 Å². The highest BCUT2D eigenvalue weighted by Gasteiger charge is 2.45. The van der Waals surface area contributed by atoms with Crippen LogP contribution in [0.3, 0.4) is 0 Å². The number of aliphatic hydroxyl groups is 1. The zero-order chi connectivity index (χ0) is 13.9. The molecule has 0 saturated heterocycles.